The molecule has 0 bridgehead atoms. The van der Waals surface area contributed by atoms with E-state index in [-0.39, 0.29) is 5.91 Å². The van der Waals surface area contributed by atoms with Gasteiger partial charge in [-0.3, -0.25) is 4.79 Å². The highest BCUT2D eigenvalue weighted by molar-refractivity contribution is 14.1. The molecule has 0 aliphatic heterocycles. The molecule has 0 atom stereocenters. The van der Waals surface area contributed by atoms with Crippen molar-refractivity contribution in [3.63, 3.8) is 0 Å². The van der Waals surface area contributed by atoms with E-state index in [4.69, 9.17) is 0 Å². The van der Waals surface area contributed by atoms with E-state index in [9.17, 15) is 4.79 Å². The van der Waals surface area contributed by atoms with Crippen LogP contribution < -0.4 is 5.32 Å². The Bertz CT molecular complexity index is 736. The summed E-state index contributed by atoms with van der Waals surface area (Å²) < 4.78 is 2.76. The second kappa shape index (κ2) is 6.04. The van der Waals surface area contributed by atoms with Gasteiger partial charge in [0.2, 0.25) is 0 Å². The summed E-state index contributed by atoms with van der Waals surface area (Å²) in [7, 11) is 0. The Morgan fingerprint density at radius 3 is 2.57 bits per heavy atom. The molecule has 104 valence electrons. The van der Waals surface area contributed by atoms with Gasteiger partial charge in [-0.2, -0.15) is 5.10 Å². The lowest BCUT2D eigenvalue weighted by Gasteiger charge is -2.06. The molecule has 0 aliphatic rings. The summed E-state index contributed by atoms with van der Waals surface area (Å²) in [6, 6.07) is 12.9. The Morgan fingerprint density at radius 1 is 1.14 bits per heavy atom. The summed E-state index contributed by atoms with van der Waals surface area (Å²) in [6.07, 6.45) is 5.02. The van der Waals surface area contributed by atoms with E-state index in [2.05, 4.69) is 38.0 Å². The second-order valence-corrected chi connectivity index (χ2v) is 5.56. The van der Waals surface area contributed by atoms with Crippen LogP contribution in [0.5, 0.6) is 0 Å². The summed E-state index contributed by atoms with van der Waals surface area (Å²) >= 11 is 2.22. The van der Waals surface area contributed by atoms with Gasteiger partial charge in [-0.25, -0.2) is 9.67 Å². The quantitative estimate of drug-likeness (QED) is 0.700. The molecule has 3 rings (SSSR count). The molecule has 2 heterocycles. The number of rotatable bonds is 3. The van der Waals surface area contributed by atoms with Gasteiger partial charge in [0.05, 0.1) is 5.56 Å². The second-order valence-electron chi connectivity index (χ2n) is 4.32. The monoisotopic (exact) mass is 390 g/mol. The zero-order chi connectivity index (χ0) is 14.7. The lowest BCUT2D eigenvalue weighted by molar-refractivity contribution is 0.102. The van der Waals surface area contributed by atoms with Crippen LogP contribution in [0.2, 0.25) is 0 Å². The molecular weight excluding hydrogens is 379 g/mol. The minimum absolute atomic E-state index is 0.185. The van der Waals surface area contributed by atoms with E-state index < -0.39 is 0 Å². The van der Waals surface area contributed by atoms with Gasteiger partial charge in [0.15, 0.2) is 5.82 Å². The normalized spacial score (nSPS) is 10.3. The summed E-state index contributed by atoms with van der Waals surface area (Å²) in [5, 5.41) is 6.92. The maximum Gasteiger partial charge on any atom is 0.257 e. The number of aromatic nitrogens is 3. The van der Waals surface area contributed by atoms with Crippen LogP contribution in [-0.2, 0) is 0 Å². The number of pyridine rings is 1. The molecule has 1 N–H and O–H groups in total. The van der Waals surface area contributed by atoms with Gasteiger partial charge in [-0.1, -0.05) is 0 Å². The fourth-order valence-electron chi connectivity index (χ4n) is 1.80. The fourth-order valence-corrected chi connectivity index (χ4v) is 2.16. The number of nitrogens with one attached hydrogen (secondary N) is 1. The molecule has 0 aliphatic carbocycles. The Morgan fingerprint density at radius 2 is 1.95 bits per heavy atom. The first-order valence-electron chi connectivity index (χ1n) is 6.25. The molecule has 0 radical (unpaired) electrons. The highest BCUT2D eigenvalue weighted by atomic mass is 127. The number of carbonyl (C=O) groups excluding carboxylic acids is 1. The summed E-state index contributed by atoms with van der Waals surface area (Å²) in [5.74, 6) is 0.488. The molecular formula is C15H11IN4O. The highest BCUT2D eigenvalue weighted by Gasteiger charge is 2.07. The zero-order valence-corrected chi connectivity index (χ0v) is 13.1. The van der Waals surface area contributed by atoms with Gasteiger partial charge in [0.25, 0.3) is 5.91 Å². The molecule has 0 spiro atoms. The number of nitrogens with zero attached hydrogens (tertiary/aromatic N) is 3. The van der Waals surface area contributed by atoms with Crippen molar-refractivity contribution >= 4 is 34.2 Å². The number of hydrogen-bond acceptors (Lipinski definition) is 3. The maximum atomic E-state index is 12.1. The number of benzene rings is 1. The Hall–Kier alpha value is -2.22. The average molecular weight is 390 g/mol. The summed E-state index contributed by atoms with van der Waals surface area (Å²) in [5.41, 5.74) is 1.26. The van der Waals surface area contributed by atoms with Gasteiger partial charge in [-0.15, -0.1) is 0 Å². The standard InChI is InChI=1S/C15H11IN4O/c16-12-3-5-13(6-4-12)19-15(21)11-2-7-14(17-10-11)20-9-1-8-18-20/h1-10H,(H,19,21). The van der Waals surface area contributed by atoms with Crippen molar-refractivity contribution in [2.24, 2.45) is 0 Å². The van der Waals surface area contributed by atoms with E-state index in [0.717, 1.165) is 9.26 Å². The zero-order valence-electron chi connectivity index (χ0n) is 10.9. The van der Waals surface area contributed by atoms with Gasteiger partial charge in [-0.05, 0) is 65.1 Å². The molecule has 0 fully saturated rings. The van der Waals surface area contributed by atoms with Crippen molar-refractivity contribution in [3.8, 4) is 5.82 Å². The molecule has 3 aromatic rings. The molecule has 21 heavy (non-hydrogen) atoms. The minimum atomic E-state index is -0.185. The first-order valence-corrected chi connectivity index (χ1v) is 7.33. The molecule has 6 heteroatoms. The Balaban J connectivity index is 1.74. The SMILES string of the molecule is O=C(Nc1ccc(I)cc1)c1ccc(-n2cccn2)nc1. The smallest absolute Gasteiger partial charge is 0.257 e. The summed E-state index contributed by atoms with van der Waals surface area (Å²) in [4.78, 5) is 16.4. The number of anilines is 1. The van der Waals surface area contributed by atoms with E-state index in [1.165, 1.54) is 0 Å². The van der Waals surface area contributed by atoms with Crippen LogP contribution in [0.25, 0.3) is 5.82 Å². The molecule has 1 aromatic carbocycles. The average Bonchev–Trinajstić information content (AvgIpc) is 3.04. The molecule has 0 saturated heterocycles. The van der Waals surface area contributed by atoms with Crippen LogP contribution in [0, 0.1) is 3.57 Å². The van der Waals surface area contributed by atoms with E-state index >= 15 is 0 Å². The molecule has 0 unspecified atom stereocenters. The Labute approximate surface area is 135 Å². The minimum Gasteiger partial charge on any atom is -0.322 e. The molecule has 0 saturated carbocycles. The number of amides is 1. The van der Waals surface area contributed by atoms with Crippen LogP contribution in [0.1, 0.15) is 10.4 Å². The molecule has 1 amide bonds. The first-order chi connectivity index (χ1) is 10.2. The van der Waals surface area contributed by atoms with Gasteiger partial charge < -0.3 is 5.32 Å². The van der Waals surface area contributed by atoms with Crippen molar-refractivity contribution in [2.45, 2.75) is 0 Å². The fraction of sp³-hybridized carbons (Fsp3) is 0. The third kappa shape index (κ3) is 3.27. The van der Waals surface area contributed by atoms with Gasteiger partial charge in [0, 0.05) is 27.8 Å². The van der Waals surface area contributed by atoms with Crippen LogP contribution in [-0.4, -0.2) is 20.7 Å². The van der Waals surface area contributed by atoms with Crippen LogP contribution in [0.3, 0.4) is 0 Å². The highest BCUT2D eigenvalue weighted by Crippen LogP contribution is 2.13. The van der Waals surface area contributed by atoms with Crippen LogP contribution in [0.15, 0.2) is 61.1 Å². The number of hydrogen-bond donors (Lipinski definition) is 1. The predicted octanol–water partition coefficient (Wildman–Crippen LogP) is 3.12. The largest absolute Gasteiger partial charge is 0.322 e. The first kappa shape index (κ1) is 13.7. The van der Waals surface area contributed by atoms with Crippen molar-refractivity contribution in [1.29, 1.82) is 0 Å². The van der Waals surface area contributed by atoms with E-state index in [1.807, 2.05) is 30.3 Å². The third-order valence-electron chi connectivity index (χ3n) is 2.85. The van der Waals surface area contributed by atoms with E-state index in [1.54, 1.807) is 35.4 Å². The predicted molar refractivity (Wildman–Crippen MR) is 88.5 cm³/mol. The Kier molecular flexibility index (Phi) is 3.96. The van der Waals surface area contributed by atoms with Crippen molar-refractivity contribution in [2.75, 3.05) is 5.32 Å². The molecule has 2 aromatic heterocycles. The lowest BCUT2D eigenvalue weighted by atomic mass is 10.2. The van der Waals surface area contributed by atoms with Crippen LogP contribution in [0.4, 0.5) is 5.69 Å². The van der Waals surface area contributed by atoms with E-state index in [0.29, 0.717) is 11.4 Å². The maximum absolute atomic E-state index is 12.1. The number of halogens is 1. The van der Waals surface area contributed by atoms with Crippen molar-refractivity contribution in [3.05, 3.63) is 70.2 Å². The van der Waals surface area contributed by atoms with Crippen LogP contribution >= 0.6 is 22.6 Å². The lowest BCUT2D eigenvalue weighted by Crippen LogP contribution is -2.12. The third-order valence-corrected chi connectivity index (χ3v) is 3.57. The van der Waals surface area contributed by atoms with Crippen molar-refractivity contribution < 1.29 is 4.79 Å². The number of carbonyl (C=O) groups is 1. The van der Waals surface area contributed by atoms with Gasteiger partial charge >= 0.3 is 0 Å². The van der Waals surface area contributed by atoms with Crippen molar-refractivity contribution in [1.82, 2.24) is 14.8 Å². The molecule has 5 nitrogen and oxygen atoms in total. The summed E-state index contributed by atoms with van der Waals surface area (Å²) in [6.45, 7) is 0. The van der Waals surface area contributed by atoms with Gasteiger partial charge in [0.1, 0.15) is 0 Å². The topological polar surface area (TPSA) is 59.8 Å².